The van der Waals surface area contributed by atoms with Crippen LogP contribution in [-0.4, -0.2) is 38.3 Å². The molecule has 0 radical (unpaired) electrons. The molecule has 0 aliphatic rings. The van der Waals surface area contributed by atoms with Crippen LogP contribution in [0.15, 0.2) is 47.4 Å². The highest BCUT2D eigenvalue weighted by atomic mass is 32.2. The number of thioether (sulfide) groups is 1. The average molecular weight is 444 g/mol. The van der Waals surface area contributed by atoms with Crippen molar-refractivity contribution in [3.8, 4) is 11.5 Å². The molecule has 2 aromatic carbocycles. The number of alkyl halides is 3. The van der Waals surface area contributed by atoms with Gasteiger partial charge in [-0.15, -0.1) is 11.8 Å². The predicted molar refractivity (Wildman–Crippen MR) is 107 cm³/mol. The third kappa shape index (κ3) is 7.79. The Morgan fingerprint density at radius 2 is 1.83 bits per heavy atom. The van der Waals surface area contributed by atoms with Gasteiger partial charge in [-0.25, -0.2) is 0 Å². The maximum Gasteiger partial charge on any atom is 0.416 e. The maximum atomic E-state index is 12.6. The Hall–Kier alpha value is -2.39. The summed E-state index contributed by atoms with van der Waals surface area (Å²) in [4.78, 5) is 11.2. The van der Waals surface area contributed by atoms with Crippen molar-refractivity contribution in [3.63, 3.8) is 0 Å². The van der Waals surface area contributed by atoms with Crippen LogP contribution in [0.2, 0.25) is 0 Å². The number of carbonyl (C=O) groups excluding carboxylic acids is 1. The molecule has 0 bridgehead atoms. The third-order valence-electron chi connectivity index (χ3n) is 3.95. The molecule has 5 nitrogen and oxygen atoms in total. The van der Waals surface area contributed by atoms with E-state index < -0.39 is 11.7 Å². The summed E-state index contributed by atoms with van der Waals surface area (Å²) < 4.78 is 59.1. The van der Waals surface area contributed by atoms with Crippen LogP contribution in [-0.2, 0) is 20.4 Å². The molecule has 164 valence electrons. The molecule has 2 rings (SSSR count). The lowest BCUT2D eigenvalue weighted by Gasteiger charge is -2.18. The molecule has 1 atom stereocenters. The molecule has 0 aliphatic heterocycles. The number of hydrogen-bond donors (Lipinski definition) is 0. The molecule has 0 aliphatic carbocycles. The van der Waals surface area contributed by atoms with Gasteiger partial charge in [0.1, 0.15) is 24.2 Å². The number of ether oxygens (including phenoxy) is 4. The number of rotatable bonds is 12. The molecule has 2 aromatic rings. The predicted octanol–water partition coefficient (Wildman–Crippen LogP) is 5.10. The largest absolute Gasteiger partial charge is 0.491 e. The number of carbonyl (C=O) groups is 1. The Bertz CT molecular complexity index is 796. The zero-order chi connectivity index (χ0) is 22.0. The highest BCUT2D eigenvalue weighted by Gasteiger charge is 2.30. The first-order chi connectivity index (χ1) is 14.3. The number of halogens is 3. The fourth-order valence-electron chi connectivity index (χ4n) is 2.50. The van der Waals surface area contributed by atoms with Gasteiger partial charge in [0.25, 0.3) is 6.47 Å². The summed E-state index contributed by atoms with van der Waals surface area (Å²) in [5.41, 5.74) is 0.177. The van der Waals surface area contributed by atoms with E-state index in [0.29, 0.717) is 30.3 Å². The second kappa shape index (κ2) is 11.7. The van der Waals surface area contributed by atoms with Crippen LogP contribution in [0.25, 0.3) is 0 Å². The zero-order valence-corrected chi connectivity index (χ0v) is 17.4. The maximum absolute atomic E-state index is 12.6. The van der Waals surface area contributed by atoms with Gasteiger partial charge < -0.3 is 18.9 Å². The van der Waals surface area contributed by atoms with Gasteiger partial charge in [-0.3, -0.25) is 4.79 Å². The van der Waals surface area contributed by atoms with E-state index in [0.717, 1.165) is 22.6 Å². The fraction of sp³-hybridized carbons (Fsp3) is 0.381. The molecular formula is C21H23F3O5S. The fourth-order valence-corrected chi connectivity index (χ4v) is 3.49. The second-order valence-electron chi connectivity index (χ2n) is 6.17. The second-order valence-corrected chi connectivity index (χ2v) is 7.27. The van der Waals surface area contributed by atoms with Crippen molar-refractivity contribution in [2.24, 2.45) is 0 Å². The van der Waals surface area contributed by atoms with E-state index in [-0.39, 0.29) is 19.5 Å². The first kappa shape index (κ1) is 23.9. The minimum atomic E-state index is -4.37. The van der Waals surface area contributed by atoms with E-state index in [4.69, 9.17) is 14.2 Å². The molecule has 0 saturated heterocycles. The zero-order valence-electron chi connectivity index (χ0n) is 16.6. The van der Waals surface area contributed by atoms with Crippen LogP contribution >= 0.6 is 11.8 Å². The Labute approximate surface area is 177 Å². The minimum absolute atomic E-state index is 0.148. The van der Waals surface area contributed by atoms with E-state index in [1.165, 1.54) is 12.1 Å². The average Bonchev–Trinajstić information content (AvgIpc) is 2.71. The molecule has 9 heteroatoms. The first-order valence-electron chi connectivity index (χ1n) is 9.16. The molecule has 0 aromatic heterocycles. The van der Waals surface area contributed by atoms with Crippen LogP contribution in [0.1, 0.15) is 18.1 Å². The summed E-state index contributed by atoms with van der Waals surface area (Å²) in [5.74, 6) is 1.57. The van der Waals surface area contributed by atoms with Gasteiger partial charge in [0, 0.05) is 17.3 Å². The standard InChI is InChI=1S/C21H23F3O5S/c1-3-27-18(11-28-17-6-4-16(5-7-17)21(22,23)24)12-30-19-8-9-20(15(2)10-19)29-14-26-13-25/h4-10,13,18H,3,11-12,14H2,1-2H3/t18-/m0/s1. The molecule has 0 spiro atoms. The summed E-state index contributed by atoms with van der Waals surface area (Å²) in [6.45, 7) is 4.63. The lowest BCUT2D eigenvalue weighted by molar-refractivity contribution is -0.137. The van der Waals surface area contributed by atoms with Gasteiger partial charge in [0.05, 0.1) is 5.56 Å². The Morgan fingerprint density at radius 1 is 1.10 bits per heavy atom. The van der Waals surface area contributed by atoms with E-state index in [9.17, 15) is 18.0 Å². The summed E-state index contributed by atoms with van der Waals surface area (Å²) in [5, 5.41) is 0. The highest BCUT2D eigenvalue weighted by molar-refractivity contribution is 7.99. The molecule has 30 heavy (non-hydrogen) atoms. The van der Waals surface area contributed by atoms with Gasteiger partial charge in [-0.1, -0.05) is 0 Å². The Balaban J connectivity index is 1.88. The molecule has 0 fully saturated rings. The highest BCUT2D eigenvalue weighted by Crippen LogP contribution is 2.30. The Morgan fingerprint density at radius 3 is 2.43 bits per heavy atom. The molecule has 0 N–H and O–H groups in total. The summed E-state index contributed by atoms with van der Waals surface area (Å²) >= 11 is 1.56. The summed E-state index contributed by atoms with van der Waals surface area (Å²) in [7, 11) is 0. The number of aryl methyl sites for hydroxylation is 1. The Kier molecular flexibility index (Phi) is 9.32. The van der Waals surface area contributed by atoms with Crippen LogP contribution in [0.5, 0.6) is 11.5 Å². The molecule has 0 saturated carbocycles. The van der Waals surface area contributed by atoms with Crippen molar-refractivity contribution < 1.29 is 36.9 Å². The number of hydrogen-bond acceptors (Lipinski definition) is 6. The van der Waals surface area contributed by atoms with Gasteiger partial charge in [0.15, 0.2) is 0 Å². The first-order valence-corrected chi connectivity index (χ1v) is 10.1. The van der Waals surface area contributed by atoms with Gasteiger partial charge >= 0.3 is 6.18 Å². The van der Waals surface area contributed by atoms with E-state index in [2.05, 4.69) is 4.74 Å². The van der Waals surface area contributed by atoms with Crippen molar-refractivity contribution in [1.29, 1.82) is 0 Å². The van der Waals surface area contributed by atoms with E-state index in [1.807, 2.05) is 26.0 Å². The normalized spacial score (nSPS) is 12.3. The van der Waals surface area contributed by atoms with Crippen molar-refractivity contribution in [1.82, 2.24) is 0 Å². The molecule has 0 heterocycles. The van der Waals surface area contributed by atoms with Gasteiger partial charge in [0.2, 0.25) is 6.79 Å². The SMILES string of the molecule is CCO[C@@H](COc1ccc(C(F)(F)F)cc1)CSc1ccc(OCOC=O)c(C)c1. The van der Waals surface area contributed by atoms with Crippen LogP contribution in [0, 0.1) is 6.92 Å². The lowest BCUT2D eigenvalue weighted by atomic mass is 10.2. The quantitative estimate of drug-likeness (QED) is 0.197. The van der Waals surface area contributed by atoms with Gasteiger partial charge in [-0.05, 0) is 61.9 Å². The summed E-state index contributed by atoms with van der Waals surface area (Å²) in [6, 6.07) is 10.2. The minimum Gasteiger partial charge on any atom is -0.491 e. The van der Waals surface area contributed by atoms with Crippen LogP contribution < -0.4 is 9.47 Å². The van der Waals surface area contributed by atoms with E-state index in [1.54, 1.807) is 17.8 Å². The van der Waals surface area contributed by atoms with Crippen molar-refractivity contribution in [2.45, 2.75) is 31.0 Å². The molecule has 0 unspecified atom stereocenters. The van der Waals surface area contributed by atoms with Crippen LogP contribution in [0.3, 0.4) is 0 Å². The lowest BCUT2D eigenvalue weighted by Crippen LogP contribution is -2.24. The van der Waals surface area contributed by atoms with E-state index >= 15 is 0 Å². The number of benzene rings is 2. The monoisotopic (exact) mass is 444 g/mol. The summed E-state index contributed by atoms with van der Waals surface area (Å²) in [6.07, 6.45) is -4.61. The van der Waals surface area contributed by atoms with Crippen molar-refractivity contribution in [3.05, 3.63) is 53.6 Å². The smallest absolute Gasteiger partial charge is 0.416 e. The van der Waals surface area contributed by atoms with Crippen molar-refractivity contribution >= 4 is 18.2 Å². The third-order valence-corrected chi connectivity index (χ3v) is 5.08. The van der Waals surface area contributed by atoms with Crippen LogP contribution in [0.4, 0.5) is 13.2 Å². The molecular weight excluding hydrogens is 421 g/mol. The molecule has 0 amide bonds. The van der Waals surface area contributed by atoms with Crippen molar-refractivity contribution in [2.75, 3.05) is 25.8 Å². The topological polar surface area (TPSA) is 54.0 Å². The van der Waals surface area contributed by atoms with Gasteiger partial charge in [-0.2, -0.15) is 13.2 Å².